The van der Waals surface area contributed by atoms with E-state index in [-0.39, 0.29) is 11.9 Å². The molecule has 0 saturated carbocycles. The molecule has 1 amide bonds. The van der Waals surface area contributed by atoms with Gasteiger partial charge in [-0.2, -0.15) is 0 Å². The second-order valence-electron chi connectivity index (χ2n) is 4.64. The van der Waals surface area contributed by atoms with Gasteiger partial charge < -0.3 is 5.32 Å². The Hall–Kier alpha value is -1.18. The van der Waals surface area contributed by atoms with Gasteiger partial charge in [-0.25, -0.2) is 0 Å². The first-order valence-electron chi connectivity index (χ1n) is 6.14. The van der Waals surface area contributed by atoms with Crippen molar-refractivity contribution in [3.05, 3.63) is 41.5 Å². The van der Waals surface area contributed by atoms with E-state index in [2.05, 4.69) is 19.4 Å². The van der Waals surface area contributed by atoms with Crippen LogP contribution < -0.4 is 5.32 Å². The van der Waals surface area contributed by atoms with Gasteiger partial charge >= 0.3 is 0 Å². The van der Waals surface area contributed by atoms with E-state index in [1.807, 2.05) is 44.2 Å². The van der Waals surface area contributed by atoms with E-state index in [0.29, 0.717) is 0 Å². The fourth-order valence-corrected chi connectivity index (χ4v) is 2.56. The second kappa shape index (κ2) is 5.64. The highest BCUT2D eigenvalue weighted by Gasteiger charge is 2.25. The normalized spacial score (nSPS) is 17.4. The number of allylic oxidation sites excluding steroid dienone is 2. The van der Waals surface area contributed by atoms with Crippen molar-refractivity contribution in [1.82, 2.24) is 9.99 Å². The van der Waals surface area contributed by atoms with Crippen LogP contribution in [-0.4, -0.2) is 29.7 Å². The van der Waals surface area contributed by atoms with Crippen LogP contribution in [0.15, 0.2) is 30.3 Å². The van der Waals surface area contributed by atoms with Gasteiger partial charge in [0.1, 0.15) is 0 Å². The van der Waals surface area contributed by atoms with Gasteiger partial charge in [0.15, 0.2) is 0 Å². The molecule has 1 aromatic carbocycles. The average molecular weight is 262 g/mol. The summed E-state index contributed by atoms with van der Waals surface area (Å²) in [6, 6.07) is 8.02. The molecule has 96 valence electrons. The van der Waals surface area contributed by atoms with Gasteiger partial charge in [-0.15, -0.1) is 0 Å². The van der Waals surface area contributed by atoms with Crippen molar-refractivity contribution in [1.29, 1.82) is 0 Å². The smallest absolute Gasteiger partial charge is 0.252 e. The maximum absolute atomic E-state index is 12.2. The van der Waals surface area contributed by atoms with Crippen molar-refractivity contribution in [3.63, 3.8) is 0 Å². The Morgan fingerprint density at radius 1 is 1.39 bits per heavy atom. The van der Waals surface area contributed by atoms with Gasteiger partial charge in [0.25, 0.3) is 5.91 Å². The van der Waals surface area contributed by atoms with Crippen molar-refractivity contribution in [2.24, 2.45) is 0 Å². The average Bonchev–Trinajstić information content (AvgIpc) is 2.36. The summed E-state index contributed by atoms with van der Waals surface area (Å²) < 4.78 is 2.11. The molecule has 1 fully saturated rings. The summed E-state index contributed by atoms with van der Waals surface area (Å²) in [7, 11) is 2.64. The van der Waals surface area contributed by atoms with Crippen LogP contribution >= 0.6 is 9.39 Å². The number of amides is 1. The number of hydrogen-bond donors (Lipinski definition) is 1. The molecule has 4 heteroatoms. The first-order valence-corrected chi connectivity index (χ1v) is 6.66. The zero-order valence-corrected chi connectivity index (χ0v) is 12.0. The van der Waals surface area contributed by atoms with Crippen molar-refractivity contribution in [2.45, 2.75) is 19.9 Å². The predicted octanol–water partition coefficient (Wildman–Crippen LogP) is 2.31. The molecule has 0 radical (unpaired) electrons. The molecule has 1 heterocycles. The van der Waals surface area contributed by atoms with E-state index >= 15 is 0 Å². The van der Waals surface area contributed by atoms with Crippen LogP contribution in [0.25, 0.3) is 5.57 Å². The van der Waals surface area contributed by atoms with Crippen molar-refractivity contribution < 1.29 is 4.79 Å². The number of nitrogens with zero attached hydrogens (tertiary/aromatic N) is 1. The van der Waals surface area contributed by atoms with E-state index in [0.717, 1.165) is 29.8 Å². The lowest BCUT2D eigenvalue weighted by Gasteiger charge is -2.36. The third-order valence-corrected chi connectivity index (χ3v) is 3.70. The highest BCUT2D eigenvalue weighted by Crippen LogP contribution is 2.19. The molecule has 0 bridgehead atoms. The monoisotopic (exact) mass is 262 g/mol. The lowest BCUT2D eigenvalue weighted by atomic mass is 9.99. The van der Waals surface area contributed by atoms with Crippen LogP contribution in [0, 0.1) is 0 Å². The molecule has 1 aromatic rings. The van der Waals surface area contributed by atoms with Gasteiger partial charge in [-0.1, -0.05) is 33.7 Å². The summed E-state index contributed by atoms with van der Waals surface area (Å²) in [5.41, 5.74) is 2.90. The second-order valence-corrected chi connectivity index (χ2v) is 5.37. The number of hydrogen-bond acceptors (Lipinski definition) is 2. The minimum atomic E-state index is 0.0231. The Kier molecular flexibility index (Phi) is 4.15. The van der Waals surface area contributed by atoms with E-state index in [9.17, 15) is 4.79 Å². The molecule has 0 aliphatic carbocycles. The number of nitrogens with one attached hydrogen (secondary N) is 1. The van der Waals surface area contributed by atoms with Crippen LogP contribution in [0.2, 0.25) is 0 Å². The maximum Gasteiger partial charge on any atom is 0.252 e. The molecule has 2 rings (SSSR count). The number of carbonyl (C=O) groups excluding carboxylic acids is 1. The summed E-state index contributed by atoms with van der Waals surface area (Å²) in [5.74, 6) is 0.0231. The van der Waals surface area contributed by atoms with Gasteiger partial charge in [0, 0.05) is 18.7 Å². The Morgan fingerprint density at radius 3 is 2.56 bits per heavy atom. The largest absolute Gasteiger partial charge is 0.347 e. The topological polar surface area (TPSA) is 32.3 Å². The number of carbonyl (C=O) groups is 1. The Balaban J connectivity index is 2.14. The van der Waals surface area contributed by atoms with Crippen LogP contribution in [0.5, 0.6) is 0 Å². The zero-order valence-electron chi connectivity index (χ0n) is 10.8. The lowest BCUT2D eigenvalue weighted by Crippen LogP contribution is -2.55. The molecule has 0 aromatic heterocycles. The maximum atomic E-state index is 12.2. The van der Waals surface area contributed by atoms with E-state index in [1.54, 1.807) is 0 Å². The third-order valence-electron chi connectivity index (χ3n) is 3.27. The first kappa shape index (κ1) is 13.3. The molecule has 1 N–H and O–H groups in total. The molecule has 3 nitrogen and oxygen atoms in total. The Bertz CT molecular complexity index is 478. The van der Waals surface area contributed by atoms with Crippen molar-refractivity contribution in [2.75, 3.05) is 13.1 Å². The van der Waals surface area contributed by atoms with Gasteiger partial charge in [-0.3, -0.25) is 9.46 Å². The van der Waals surface area contributed by atoms with Crippen LogP contribution in [0.4, 0.5) is 0 Å². The van der Waals surface area contributed by atoms with Crippen LogP contribution in [-0.2, 0) is 0 Å². The molecule has 1 atom stereocenters. The minimum absolute atomic E-state index is 0.0231. The van der Waals surface area contributed by atoms with Crippen molar-refractivity contribution >= 4 is 20.9 Å². The fraction of sp³-hybridized carbons (Fsp3) is 0.357. The van der Waals surface area contributed by atoms with E-state index in [1.165, 1.54) is 0 Å². The summed E-state index contributed by atoms with van der Waals surface area (Å²) in [5, 5.41) is 3.06. The molecule has 1 saturated heterocycles. The Labute approximate surface area is 111 Å². The first-order chi connectivity index (χ1) is 8.61. The third kappa shape index (κ3) is 2.80. The van der Waals surface area contributed by atoms with E-state index in [4.69, 9.17) is 0 Å². The standard InChI is InChI=1S/C14H19N2OP/c1-3-10(2)12-6-4-5-7-13(12)14(17)15-11-8-16(18)9-11/h3-7,11H,8-9,18H2,1-2H3,(H,15,17)/b10-3+. The highest BCUT2D eigenvalue weighted by molar-refractivity contribution is 7.13. The van der Waals surface area contributed by atoms with Crippen LogP contribution in [0.1, 0.15) is 29.8 Å². The highest BCUT2D eigenvalue weighted by atomic mass is 31.0. The summed E-state index contributed by atoms with van der Waals surface area (Å²) >= 11 is 0. The summed E-state index contributed by atoms with van der Waals surface area (Å²) in [6.07, 6.45) is 2.03. The predicted molar refractivity (Wildman–Crippen MR) is 78.3 cm³/mol. The summed E-state index contributed by atoms with van der Waals surface area (Å²) in [6.45, 7) is 5.82. The van der Waals surface area contributed by atoms with Crippen molar-refractivity contribution in [3.8, 4) is 0 Å². The number of rotatable bonds is 3. The van der Waals surface area contributed by atoms with Gasteiger partial charge in [0.05, 0.1) is 6.04 Å². The number of benzene rings is 1. The molecule has 1 aliphatic heterocycles. The van der Waals surface area contributed by atoms with Crippen LogP contribution in [0.3, 0.4) is 0 Å². The van der Waals surface area contributed by atoms with E-state index < -0.39 is 0 Å². The fourth-order valence-electron chi connectivity index (χ4n) is 2.05. The molecule has 18 heavy (non-hydrogen) atoms. The SMILES string of the molecule is C/C=C(\C)c1ccccc1C(=O)NC1CN(P)C1. The molecule has 1 aliphatic rings. The lowest BCUT2D eigenvalue weighted by molar-refractivity contribution is 0.0900. The molecule has 1 unspecified atom stereocenters. The van der Waals surface area contributed by atoms with Gasteiger partial charge in [0.2, 0.25) is 0 Å². The summed E-state index contributed by atoms with van der Waals surface area (Å²) in [4.78, 5) is 12.2. The van der Waals surface area contributed by atoms with Gasteiger partial charge in [-0.05, 0) is 31.1 Å². The molecular weight excluding hydrogens is 243 g/mol. The molecule has 0 spiro atoms. The minimum Gasteiger partial charge on any atom is -0.347 e. The molecular formula is C14H19N2OP. The zero-order chi connectivity index (χ0) is 13.1. The Morgan fingerprint density at radius 2 is 2.00 bits per heavy atom. The quantitative estimate of drug-likeness (QED) is 0.848.